The number of piperidine rings is 1. The van der Waals surface area contributed by atoms with E-state index in [4.69, 9.17) is 0 Å². The van der Waals surface area contributed by atoms with E-state index >= 15 is 0 Å². The van der Waals surface area contributed by atoms with Gasteiger partial charge in [-0.1, -0.05) is 11.8 Å². The molecule has 26 heavy (non-hydrogen) atoms. The Labute approximate surface area is 156 Å². The van der Waals surface area contributed by atoms with Crippen molar-refractivity contribution in [2.24, 2.45) is 0 Å². The molecule has 3 fully saturated rings. The fourth-order valence-electron chi connectivity index (χ4n) is 3.62. The molecule has 0 aliphatic carbocycles. The molecule has 4 amide bonds. The van der Waals surface area contributed by atoms with Gasteiger partial charge in [-0.3, -0.25) is 19.2 Å². The summed E-state index contributed by atoms with van der Waals surface area (Å²) in [5.74, 6) is 0.889. The van der Waals surface area contributed by atoms with Crippen LogP contribution in [-0.2, 0) is 19.2 Å². The van der Waals surface area contributed by atoms with Crippen LogP contribution in [0.2, 0.25) is 0 Å². The molecule has 144 valence electrons. The number of carbonyl (C=O) groups excluding carboxylic acids is 4. The molecule has 0 bridgehead atoms. The monoisotopic (exact) mass is 384 g/mol. The van der Waals surface area contributed by atoms with Gasteiger partial charge in [0.05, 0.1) is 12.3 Å². The number of hydrogen-bond acceptors (Lipinski definition) is 5. The lowest BCUT2D eigenvalue weighted by Gasteiger charge is -2.41. The second-order valence-electron chi connectivity index (χ2n) is 6.89. The number of rotatable bonds is 3. The van der Waals surface area contributed by atoms with Gasteiger partial charge in [0.2, 0.25) is 17.7 Å². The summed E-state index contributed by atoms with van der Waals surface area (Å²) in [5.41, 5.74) is 0. The summed E-state index contributed by atoms with van der Waals surface area (Å²) >= 11 is 1.72. The summed E-state index contributed by atoms with van der Waals surface area (Å²) in [4.78, 5) is 52.5. The first-order valence-electron chi connectivity index (χ1n) is 9.02. The molecular formula is C16H26N5O4S+. The van der Waals surface area contributed by atoms with Crippen LogP contribution < -0.4 is 16.0 Å². The third-order valence-electron chi connectivity index (χ3n) is 5.11. The number of piperazine rings is 1. The summed E-state index contributed by atoms with van der Waals surface area (Å²) in [6.07, 6.45) is 1.39. The molecule has 3 aliphatic heterocycles. The lowest BCUT2D eigenvalue weighted by Crippen LogP contribution is -2.90. The molecule has 3 aliphatic rings. The zero-order chi connectivity index (χ0) is 18.7. The molecule has 0 unspecified atom stereocenters. The Kier molecular flexibility index (Phi) is 6.02. The Morgan fingerprint density at radius 3 is 2.77 bits per heavy atom. The van der Waals surface area contributed by atoms with Gasteiger partial charge in [-0.15, -0.1) is 0 Å². The number of carbonyl (C=O) groups is 4. The molecule has 3 saturated heterocycles. The number of nitrogens with one attached hydrogen (secondary N) is 2. The lowest BCUT2D eigenvalue weighted by molar-refractivity contribution is -0.649. The van der Waals surface area contributed by atoms with Crippen LogP contribution in [0, 0.1) is 0 Å². The Morgan fingerprint density at radius 2 is 2.12 bits per heavy atom. The molecular weight excluding hydrogens is 358 g/mol. The average Bonchev–Trinajstić information content (AvgIpc) is 3.17. The van der Waals surface area contributed by atoms with Crippen molar-refractivity contribution in [2.75, 3.05) is 37.8 Å². The minimum absolute atomic E-state index is 0.0198. The quantitative estimate of drug-likeness (QED) is 0.482. The van der Waals surface area contributed by atoms with Crippen molar-refractivity contribution in [2.45, 2.75) is 37.9 Å². The van der Waals surface area contributed by atoms with Crippen LogP contribution in [0.4, 0.5) is 0 Å². The van der Waals surface area contributed by atoms with Crippen LogP contribution in [-0.4, -0.2) is 89.4 Å². The first kappa shape index (κ1) is 19.0. The van der Waals surface area contributed by atoms with Crippen LogP contribution in [0.5, 0.6) is 0 Å². The zero-order valence-electron chi connectivity index (χ0n) is 14.9. The maximum absolute atomic E-state index is 12.8. The van der Waals surface area contributed by atoms with E-state index in [1.807, 2.05) is 5.32 Å². The van der Waals surface area contributed by atoms with E-state index in [1.54, 1.807) is 16.7 Å². The average molecular weight is 384 g/mol. The number of nitrogens with zero attached hydrogens (tertiary/aromatic N) is 2. The molecule has 10 heteroatoms. The largest absolute Gasteiger partial charge is 0.354 e. The highest BCUT2D eigenvalue weighted by molar-refractivity contribution is 7.99. The summed E-state index contributed by atoms with van der Waals surface area (Å²) in [5, 5.41) is 7.50. The predicted molar refractivity (Wildman–Crippen MR) is 95.0 cm³/mol. The highest BCUT2D eigenvalue weighted by atomic mass is 32.2. The van der Waals surface area contributed by atoms with Gasteiger partial charge in [0.15, 0.2) is 6.04 Å². The van der Waals surface area contributed by atoms with Crippen LogP contribution in [0.1, 0.15) is 19.8 Å². The zero-order valence-corrected chi connectivity index (χ0v) is 15.7. The Hall–Kier alpha value is -1.81. The molecule has 0 radical (unpaired) electrons. The van der Waals surface area contributed by atoms with Gasteiger partial charge >= 0.3 is 0 Å². The number of quaternary nitrogens is 1. The number of hydrogen-bond donors (Lipinski definition) is 3. The predicted octanol–water partition coefficient (Wildman–Crippen LogP) is -2.92. The van der Waals surface area contributed by atoms with Crippen LogP contribution in [0.15, 0.2) is 0 Å². The maximum atomic E-state index is 12.8. The summed E-state index contributed by atoms with van der Waals surface area (Å²) in [6, 6.07) is -1.44. The van der Waals surface area contributed by atoms with Gasteiger partial charge < -0.3 is 25.8 Å². The van der Waals surface area contributed by atoms with E-state index in [1.165, 1.54) is 11.8 Å². The van der Waals surface area contributed by atoms with Crippen molar-refractivity contribution in [3.05, 3.63) is 0 Å². The van der Waals surface area contributed by atoms with Gasteiger partial charge in [-0.05, 0) is 12.8 Å². The molecule has 0 saturated carbocycles. The van der Waals surface area contributed by atoms with Crippen molar-refractivity contribution >= 4 is 35.4 Å². The lowest BCUT2D eigenvalue weighted by atomic mass is 10.0. The second-order valence-corrected chi connectivity index (χ2v) is 7.96. The fourth-order valence-corrected chi connectivity index (χ4v) is 4.65. The van der Waals surface area contributed by atoms with E-state index in [-0.39, 0.29) is 36.2 Å². The highest BCUT2D eigenvalue weighted by Gasteiger charge is 2.40. The van der Waals surface area contributed by atoms with Crippen molar-refractivity contribution in [3.8, 4) is 0 Å². The Morgan fingerprint density at radius 1 is 1.31 bits per heavy atom. The number of amides is 4. The van der Waals surface area contributed by atoms with E-state index in [0.29, 0.717) is 26.1 Å². The smallest absolute Gasteiger partial charge is 0.281 e. The van der Waals surface area contributed by atoms with Gasteiger partial charge in [-0.2, -0.15) is 0 Å². The van der Waals surface area contributed by atoms with E-state index in [2.05, 4.69) is 10.6 Å². The standard InChI is InChI=1S/C16H25N5O4S/c1-10(22)21-6-5-20(16(25)12-8-26-9-18-12)7-13(21)15(24)19-11-3-2-4-17-14(11)23/h11-13,18H,2-9H2,1H3,(H,17,23)(H,19,24)/p+1/t11-,12-,13-/m0/s1. The second kappa shape index (κ2) is 8.26. The SMILES string of the molecule is CC(=O)N1CCN(C(=O)[C@@H]2CSC[NH2+]2)C[C@H]1C(=O)N[C@H]1CCCNC1=O. The van der Waals surface area contributed by atoms with Crippen LogP contribution in [0.25, 0.3) is 0 Å². The van der Waals surface area contributed by atoms with Gasteiger partial charge in [-0.25, -0.2) is 0 Å². The van der Waals surface area contributed by atoms with Gasteiger partial charge in [0.25, 0.3) is 5.91 Å². The molecule has 0 aromatic carbocycles. The minimum atomic E-state index is -0.756. The molecule has 9 nitrogen and oxygen atoms in total. The topological polar surface area (TPSA) is 115 Å². The van der Waals surface area contributed by atoms with Crippen LogP contribution >= 0.6 is 11.8 Å². The summed E-state index contributed by atoms with van der Waals surface area (Å²) in [6.45, 7) is 2.98. The van der Waals surface area contributed by atoms with Gasteiger partial charge in [0.1, 0.15) is 18.0 Å². The molecule has 4 N–H and O–H groups in total. The van der Waals surface area contributed by atoms with E-state index in [9.17, 15) is 19.2 Å². The molecule has 3 heterocycles. The van der Waals surface area contributed by atoms with Crippen LogP contribution in [0.3, 0.4) is 0 Å². The van der Waals surface area contributed by atoms with E-state index < -0.39 is 12.1 Å². The van der Waals surface area contributed by atoms with Crippen molar-refractivity contribution in [1.82, 2.24) is 20.4 Å². The van der Waals surface area contributed by atoms with Gasteiger partial charge in [0, 0.05) is 26.6 Å². The third kappa shape index (κ3) is 4.12. The first-order chi connectivity index (χ1) is 12.5. The third-order valence-corrected chi connectivity index (χ3v) is 6.14. The molecule has 0 aromatic heterocycles. The summed E-state index contributed by atoms with van der Waals surface area (Å²) in [7, 11) is 0. The first-order valence-corrected chi connectivity index (χ1v) is 10.2. The van der Waals surface area contributed by atoms with Crippen molar-refractivity contribution in [3.63, 3.8) is 0 Å². The van der Waals surface area contributed by atoms with Crippen molar-refractivity contribution in [1.29, 1.82) is 0 Å². The molecule has 0 aromatic rings. The fraction of sp³-hybridized carbons (Fsp3) is 0.750. The Balaban J connectivity index is 1.67. The number of nitrogens with two attached hydrogens (primary N) is 1. The van der Waals surface area contributed by atoms with E-state index in [0.717, 1.165) is 18.1 Å². The summed E-state index contributed by atoms with van der Waals surface area (Å²) < 4.78 is 0. The highest BCUT2D eigenvalue weighted by Crippen LogP contribution is 2.15. The number of thioether (sulfide) groups is 1. The van der Waals surface area contributed by atoms with Crippen molar-refractivity contribution < 1.29 is 24.5 Å². The molecule has 3 rings (SSSR count). The maximum Gasteiger partial charge on any atom is 0.281 e. The Bertz CT molecular complexity index is 595. The molecule has 0 spiro atoms. The minimum Gasteiger partial charge on any atom is -0.354 e. The molecule has 3 atom stereocenters. The normalized spacial score (nSPS) is 29.3.